The lowest BCUT2D eigenvalue weighted by molar-refractivity contribution is -0.122. The van der Waals surface area contributed by atoms with Crippen LogP contribution in [0.2, 0.25) is 10.0 Å². The van der Waals surface area contributed by atoms with Crippen molar-refractivity contribution in [2.24, 2.45) is 0 Å². The van der Waals surface area contributed by atoms with Crippen molar-refractivity contribution in [1.29, 1.82) is 0 Å². The molecule has 2 rings (SSSR count). The normalized spacial score (nSPS) is 12.8. The number of aryl methyl sites for hydroxylation is 1. The molecule has 0 radical (unpaired) electrons. The minimum Gasteiger partial charge on any atom is -0.353 e. The molecule has 0 aliphatic rings. The summed E-state index contributed by atoms with van der Waals surface area (Å²) in [4.78, 5) is 12.7. The molecule has 0 heterocycles. The lowest BCUT2D eigenvalue weighted by atomic mass is 10.2. The number of hydrogen-bond donors (Lipinski definition) is 1. The zero-order valence-corrected chi connectivity index (χ0v) is 19.1. The molecule has 1 N–H and O–H groups in total. The SMILES string of the molecule is CCC[C@H](C)NC(=O)CN(Cc1ccc(Cl)cc1Cl)S(=O)(=O)c1ccc(C)cc1. The third-order valence-corrected chi connectivity index (χ3v) is 6.86. The van der Waals surface area contributed by atoms with E-state index >= 15 is 0 Å². The van der Waals surface area contributed by atoms with Crippen LogP contribution in [0.3, 0.4) is 0 Å². The zero-order chi connectivity index (χ0) is 21.6. The van der Waals surface area contributed by atoms with E-state index in [9.17, 15) is 13.2 Å². The summed E-state index contributed by atoms with van der Waals surface area (Å²) in [5, 5.41) is 3.66. The maximum Gasteiger partial charge on any atom is 0.243 e. The standard InChI is InChI=1S/C21H26Cl2N2O3S/c1-4-5-16(3)24-21(26)14-25(13-17-8-9-18(22)12-20(17)23)29(27,28)19-10-6-15(2)7-11-19/h6-12,16H,4-5,13-14H2,1-3H3,(H,24,26)/t16-/m0/s1. The maximum absolute atomic E-state index is 13.3. The van der Waals surface area contributed by atoms with E-state index in [1.54, 1.807) is 42.5 Å². The second-order valence-corrected chi connectivity index (χ2v) is 9.86. The largest absolute Gasteiger partial charge is 0.353 e. The van der Waals surface area contributed by atoms with Gasteiger partial charge in [0.05, 0.1) is 11.4 Å². The van der Waals surface area contributed by atoms with Gasteiger partial charge in [-0.1, -0.05) is 60.3 Å². The number of rotatable bonds is 9. The Balaban J connectivity index is 2.33. The van der Waals surface area contributed by atoms with E-state index in [1.165, 1.54) is 0 Å². The van der Waals surface area contributed by atoms with Gasteiger partial charge in [-0.05, 0) is 50.1 Å². The van der Waals surface area contributed by atoms with Crippen LogP contribution >= 0.6 is 23.2 Å². The van der Waals surface area contributed by atoms with Crippen molar-refractivity contribution in [1.82, 2.24) is 9.62 Å². The molecule has 2 aromatic carbocycles. The fourth-order valence-electron chi connectivity index (χ4n) is 2.91. The molecule has 1 atom stereocenters. The Morgan fingerprint density at radius 1 is 1.14 bits per heavy atom. The molecule has 0 saturated carbocycles. The molecule has 29 heavy (non-hydrogen) atoms. The van der Waals surface area contributed by atoms with Gasteiger partial charge in [0.15, 0.2) is 0 Å². The van der Waals surface area contributed by atoms with Crippen molar-refractivity contribution in [3.05, 3.63) is 63.6 Å². The topological polar surface area (TPSA) is 66.5 Å². The van der Waals surface area contributed by atoms with Gasteiger partial charge in [-0.25, -0.2) is 8.42 Å². The fraction of sp³-hybridized carbons (Fsp3) is 0.381. The number of carbonyl (C=O) groups is 1. The molecule has 0 spiro atoms. The van der Waals surface area contributed by atoms with Crippen LogP contribution in [0.25, 0.3) is 0 Å². The summed E-state index contributed by atoms with van der Waals surface area (Å²) >= 11 is 12.2. The highest BCUT2D eigenvalue weighted by Gasteiger charge is 2.28. The van der Waals surface area contributed by atoms with Crippen molar-refractivity contribution in [2.45, 2.75) is 51.1 Å². The third kappa shape index (κ3) is 6.71. The Morgan fingerprint density at radius 3 is 2.38 bits per heavy atom. The highest BCUT2D eigenvalue weighted by Crippen LogP contribution is 2.25. The lowest BCUT2D eigenvalue weighted by Crippen LogP contribution is -2.43. The summed E-state index contributed by atoms with van der Waals surface area (Å²) in [6.07, 6.45) is 1.74. The Hall–Kier alpha value is -1.60. The molecule has 0 aliphatic heterocycles. The predicted molar refractivity (Wildman–Crippen MR) is 118 cm³/mol. The Bertz CT molecular complexity index is 947. The van der Waals surface area contributed by atoms with Crippen molar-refractivity contribution in [2.75, 3.05) is 6.54 Å². The first-order valence-electron chi connectivity index (χ1n) is 9.43. The maximum atomic E-state index is 13.3. The van der Waals surface area contributed by atoms with Gasteiger partial charge >= 0.3 is 0 Å². The highest BCUT2D eigenvalue weighted by molar-refractivity contribution is 7.89. The number of amides is 1. The molecule has 2 aromatic rings. The summed E-state index contributed by atoms with van der Waals surface area (Å²) in [5.41, 5.74) is 1.52. The number of benzene rings is 2. The van der Waals surface area contributed by atoms with Gasteiger partial charge in [-0.3, -0.25) is 4.79 Å². The summed E-state index contributed by atoms with van der Waals surface area (Å²) in [7, 11) is -3.91. The molecular formula is C21H26Cl2N2O3S. The Kier molecular flexibility index (Phi) is 8.52. The lowest BCUT2D eigenvalue weighted by Gasteiger charge is -2.23. The van der Waals surface area contributed by atoms with Gasteiger partial charge in [0.1, 0.15) is 0 Å². The second-order valence-electron chi connectivity index (χ2n) is 7.08. The molecule has 0 fully saturated rings. The van der Waals surface area contributed by atoms with Crippen molar-refractivity contribution >= 4 is 39.1 Å². The van der Waals surface area contributed by atoms with Crippen LogP contribution in [0.4, 0.5) is 0 Å². The molecule has 8 heteroatoms. The average molecular weight is 457 g/mol. The minimum atomic E-state index is -3.91. The van der Waals surface area contributed by atoms with E-state index in [1.807, 2.05) is 20.8 Å². The minimum absolute atomic E-state index is 0.0319. The van der Waals surface area contributed by atoms with Crippen molar-refractivity contribution < 1.29 is 13.2 Å². The molecule has 0 bridgehead atoms. The predicted octanol–water partition coefficient (Wildman–Crippen LogP) is 4.80. The zero-order valence-electron chi connectivity index (χ0n) is 16.8. The number of nitrogens with one attached hydrogen (secondary N) is 1. The quantitative estimate of drug-likeness (QED) is 0.589. The molecule has 158 valence electrons. The van der Waals surface area contributed by atoms with Crippen LogP contribution in [-0.2, 0) is 21.4 Å². The van der Waals surface area contributed by atoms with Gasteiger partial charge < -0.3 is 5.32 Å². The first kappa shape index (κ1) is 23.7. The summed E-state index contributed by atoms with van der Waals surface area (Å²) in [6, 6.07) is 11.4. The molecule has 0 saturated heterocycles. The first-order valence-corrected chi connectivity index (χ1v) is 11.6. The number of carbonyl (C=O) groups excluding carboxylic acids is 1. The first-order chi connectivity index (χ1) is 13.6. The molecule has 0 unspecified atom stereocenters. The van der Waals surface area contributed by atoms with Gasteiger partial charge in [-0.15, -0.1) is 0 Å². The van der Waals surface area contributed by atoms with E-state index in [0.29, 0.717) is 15.6 Å². The molecule has 0 aliphatic carbocycles. The van der Waals surface area contributed by atoms with Crippen molar-refractivity contribution in [3.63, 3.8) is 0 Å². The van der Waals surface area contributed by atoms with Crippen molar-refractivity contribution in [3.8, 4) is 0 Å². The number of nitrogens with zero attached hydrogens (tertiary/aromatic N) is 1. The van der Waals surface area contributed by atoms with E-state index < -0.39 is 10.0 Å². The van der Waals surface area contributed by atoms with Crippen LogP contribution in [0.5, 0.6) is 0 Å². The Labute approximate surface area is 183 Å². The van der Waals surface area contributed by atoms with Gasteiger partial charge in [0, 0.05) is 22.6 Å². The van der Waals surface area contributed by atoms with Gasteiger partial charge in [0.2, 0.25) is 15.9 Å². The monoisotopic (exact) mass is 456 g/mol. The van der Waals surface area contributed by atoms with Crippen LogP contribution < -0.4 is 5.32 Å². The highest BCUT2D eigenvalue weighted by atomic mass is 35.5. The summed E-state index contributed by atoms with van der Waals surface area (Å²) < 4.78 is 27.6. The van der Waals surface area contributed by atoms with E-state index in [2.05, 4.69) is 5.32 Å². The molecular weight excluding hydrogens is 431 g/mol. The molecule has 0 aromatic heterocycles. The average Bonchev–Trinajstić information content (AvgIpc) is 2.63. The van der Waals surface area contributed by atoms with Crippen LogP contribution in [0.1, 0.15) is 37.8 Å². The van der Waals surface area contributed by atoms with E-state index in [-0.39, 0.29) is 29.9 Å². The third-order valence-electron chi connectivity index (χ3n) is 4.47. The van der Waals surface area contributed by atoms with Gasteiger partial charge in [0.25, 0.3) is 0 Å². The smallest absolute Gasteiger partial charge is 0.243 e. The Morgan fingerprint density at radius 2 is 1.79 bits per heavy atom. The number of sulfonamides is 1. The van der Waals surface area contributed by atoms with Crippen LogP contribution in [0.15, 0.2) is 47.4 Å². The number of halogens is 2. The summed E-state index contributed by atoms with van der Waals surface area (Å²) in [6.45, 7) is 5.46. The number of hydrogen-bond acceptors (Lipinski definition) is 3. The fourth-order valence-corrected chi connectivity index (χ4v) is 4.75. The van der Waals surface area contributed by atoms with Crippen LogP contribution in [0, 0.1) is 6.92 Å². The van der Waals surface area contributed by atoms with E-state index in [0.717, 1.165) is 22.7 Å². The molecule has 1 amide bonds. The molecule has 5 nitrogen and oxygen atoms in total. The van der Waals surface area contributed by atoms with Crippen LogP contribution in [-0.4, -0.2) is 31.2 Å². The summed E-state index contributed by atoms with van der Waals surface area (Å²) in [5.74, 6) is -0.355. The van der Waals surface area contributed by atoms with Gasteiger partial charge in [-0.2, -0.15) is 4.31 Å². The second kappa shape index (κ2) is 10.4. The van der Waals surface area contributed by atoms with E-state index in [4.69, 9.17) is 23.2 Å².